The summed E-state index contributed by atoms with van der Waals surface area (Å²) in [6.45, 7) is 7.82. The van der Waals surface area contributed by atoms with Gasteiger partial charge < -0.3 is 10.1 Å². The van der Waals surface area contributed by atoms with Crippen molar-refractivity contribution in [3.05, 3.63) is 17.6 Å². The normalized spacial score (nSPS) is 21.5. The summed E-state index contributed by atoms with van der Waals surface area (Å²) in [5.41, 5.74) is 0.969. The molecule has 0 aliphatic carbocycles. The van der Waals surface area contributed by atoms with Gasteiger partial charge in [-0.3, -0.25) is 4.90 Å². The Morgan fingerprint density at radius 1 is 1.53 bits per heavy atom. The molecule has 1 atom stereocenters. The van der Waals surface area contributed by atoms with Crippen LogP contribution in [-0.2, 0) is 4.74 Å². The summed E-state index contributed by atoms with van der Waals surface area (Å²) in [5.74, 6) is 1.64. The molecule has 1 aromatic heterocycles. The van der Waals surface area contributed by atoms with Gasteiger partial charge in [-0.1, -0.05) is 6.92 Å². The van der Waals surface area contributed by atoms with Crippen LogP contribution in [-0.4, -0.2) is 48.2 Å². The van der Waals surface area contributed by atoms with Crippen molar-refractivity contribution in [3.63, 3.8) is 0 Å². The van der Waals surface area contributed by atoms with Crippen molar-refractivity contribution in [2.45, 2.75) is 20.0 Å². The number of likely N-dealkylation sites (N-methyl/N-ethyl adjacent to an activating group) is 1. The van der Waals surface area contributed by atoms with Crippen LogP contribution in [0.5, 0.6) is 0 Å². The highest BCUT2D eigenvalue weighted by atomic mass is 16.5. The molecule has 1 unspecified atom stereocenters. The van der Waals surface area contributed by atoms with Crippen LogP contribution in [0, 0.1) is 6.92 Å². The minimum atomic E-state index is -0.00398. The standard InChI is InChI=1S/C12H20N4O/c1-4-16-5-6-17-10(8-16)12-14-9(2)7-11(13-3)15-12/h7,10H,4-6,8H2,1-3H3,(H,13,14,15). The summed E-state index contributed by atoms with van der Waals surface area (Å²) in [6.07, 6.45) is -0.00398. The van der Waals surface area contributed by atoms with Crippen molar-refractivity contribution in [1.82, 2.24) is 14.9 Å². The van der Waals surface area contributed by atoms with Crippen LogP contribution in [0.2, 0.25) is 0 Å². The second-order valence-electron chi connectivity index (χ2n) is 4.26. The second-order valence-corrected chi connectivity index (χ2v) is 4.26. The quantitative estimate of drug-likeness (QED) is 0.855. The van der Waals surface area contributed by atoms with E-state index in [1.165, 1.54) is 0 Å². The van der Waals surface area contributed by atoms with E-state index < -0.39 is 0 Å². The zero-order valence-electron chi connectivity index (χ0n) is 10.7. The Balaban J connectivity index is 2.18. The van der Waals surface area contributed by atoms with Gasteiger partial charge in [0.05, 0.1) is 6.61 Å². The SMILES string of the molecule is CCN1CCOC(c2nc(C)cc(NC)n2)C1. The number of aromatic nitrogens is 2. The Morgan fingerprint density at radius 3 is 3.06 bits per heavy atom. The molecule has 1 saturated heterocycles. The van der Waals surface area contributed by atoms with Crippen molar-refractivity contribution in [1.29, 1.82) is 0 Å². The summed E-state index contributed by atoms with van der Waals surface area (Å²) < 4.78 is 5.76. The van der Waals surface area contributed by atoms with E-state index in [2.05, 4.69) is 27.1 Å². The van der Waals surface area contributed by atoms with Gasteiger partial charge in [-0.15, -0.1) is 0 Å². The average molecular weight is 236 g/mol. The Hall–Kier alpha value is -1.20. The minimum Gasteiger partial charge on any atom is -0.373 e. The lowest BCUT2D eigenvalue weighted by Crippen LogP contribution is -2.38. The average Bonchev–Trinajstić information content (AvgIpc) is 2.38. The molecule has 0 spiro atoms. The third-order valence-corrected chi connectivity index (χ3v) is 3.01. The number of rotatable bonds is 3. The molecule has 0 saturated carbocycles. The summed E-state index contributed by atoms with van der Waals surface area (Å²) in [7, 11) is 1.87. The van der Waals surface area contributed by atoms with Crippen LogP contribution >= 0.6 is 0 Å². The van der Waals surface area contributed by atoms with Gasteiger partial charge in [-0.2, -0.15) is 0 Å². The lowest BCUT2D eigenvalue weighted by atomic mass is 10.2. The maximum Gasteiger partial charge on any atom is 0.161 e. The molecule has 1 fully saturated rings. The van der Waals surface area contributed by atoms with Gasteiger partial charge in [-0.25, -0.2) is 9.97 Å². The molecule has 0 bridgehead atoms. The van der Waals surface area contributed by atoms with Crippen LogP contribution in [0.4, 0.5) is 5.82 Å². The van der Waals surface area contributed by atoms with Gasteiger partial charge in [0.1, 0.15) is 11.9 Å². The number of nitrogens with zero attached hydrogens (tertiary/aromatic N) is 3. The summed E-state index contributed by atoms with van der Waals surface area (Å²) >= 11 is 0. The molecule has 17 heavy (non-hydrogen) atoms. The highest BCUT2D eigenvalue weighted by molar-refractivity contribution is 5.35. The molecule has 2 rings (SSSR count). The molecule has 0 amide bonds. The van der Waals surface area contributed by atoms with Gasteiger partial charge in [0.15, 0.2) is 5.82 Å². The van der Waals surface area contributed by atoms with Crippen LogP contribution in [0.3, 0.4) is 0 Å². The Labute approximate surface area is 102 Å². The molecular formula is C12H20N4O. The first-order chi connectivity index (χ1) is 8.22. The van der Waals surface area contributed by atoms with Gasteiger partial charge in [0.25, 0.3) is 0 Å². The zero-order chi connectivity index (χ0) is 12.3. The van der Waals surface area contributed by atoms with Crippen molar-refractivity contribution >= 4 is 5.82 Å². The van der Waals surface area contributed by atoms with E-state index in [9.17, 15) is 0 Å². The molecule has 1 aliphatic rings. The third kappa shape index (κ3) is 2.92. The van der Waals surface area contributed by atoms with E-state index >= 15 is 0 Å². The van der Waals surface area contributed by atoms with E-state index in [0.717, 1.165) is 43.6 Å². The van der Waals surface area contributed by atoms with Crippen LogP contribution < -0.4 is 5.32 Å². The number of ether oxygens (including phenoxy) is 1. The van der Waals surface area contributed by atoms with Crippen molar-refractivity contribution < 1.29 is 4.74 Å². The van der Waals surface area contributed by atoms with Gasteiger partial charge in [0, 0.05) is 31.9 Å². The summed E-state index contributed by atoms with van der Waals surface area (Å²) in [6, 6.07) is 1.93. The maximum atomic E-state index is 5.76. The van der Waals surface area contributed by atoms with Crippen LogP contribution in [0.1, 0.15) is 24.5 Å². The van der Waals surface area contributed by atoms with Gasteiger partial charge >= 0.3 is 0 Å². The zero-order valence-corrected chi connectivity index (χ0v) is 10.7. The lowest BCUT2D eigenvalue weighted by molar-refractivity contribution is -0.0325. The van der Waals surface area contributed by atoms with Crippen molar-refractivity contribution in [2.24, 2.45) is 0 Å². The largest absolute Gasteiger partial charge is 0.373 e. The first-order valence-corrected chi connectivity index (χ1v) is 6.10. The molecule has 0 radical (unpaired) electrons. The van der Waals surface area contributed by atoms with E-state index in [4.69, 9.17) is 4.74 Å². The molecule has 5 heteroatoms. The summed E-state index contributed by atoms with van der Waals surface area (Å²) in [5, 5.41) is 3.05. The van der Waals surface area contributed by atoms with Gasteiger partial charge in [0.2, 0.25) is 0 Å². The van der Waals surface area contributed by atoms with Crippen LogP contribution in [0.25, 0.3) is 0 Å². The topological polar surface area (TPSA) is 50.3 Å². The van der Waals surface area contributed by atoms with E-state index in [0.29, 0.717) is 0 Å². The maximum absolute atomic E-state index is 5.76. The highest BCUT2D eigenvalue weighted by Crippen LogP contribution is 2.20. The fourth-order valence-electron chi connectivity index (χ4n) is 2.01. The monoisotopic (exact) mass is 236 g/mol. The fourth-order valence-corrected chi connectivity index (χ4v) is 2.01. The molecule has 2 heterocycles. The molecule has 1 N–H and O–H groups in total. The Morgan fingerprint density at radius 2 is 2.35 bits per heavy atom. The number of aryl methyl sites for hydroxylation is 1. The van der Waals surface area contributed by atoms with E-state index in [-0.39, 0.29) is 6.10 Å². The van der Waals surface area contributed by atoms with Crippen LogP contribution in [0.15, 0.2) is 6.07 Å². The number of hydrogen-bond acceptors (Lipinski definition) is 5. The fraction of sp³-hybridized carbons (Fsp3) is 0.667. The molecule has 1 aliphatic heterocycles. The molecule has 5 nitrogen and oxygen atoms in total. The third-order valence-electron chi connectivity index (χ3n) is 3.01. The van der Waals surface area contributed by atoms with E-state index in [1.54, 1.807) is 0 Å². The lowest BCUT2D eigenvalue weighted by Gasteiger charge is -2.31. The summed E-state index contributed by atoms with van der Waals surface area (Å²) in [4.78, 5) is 11.3. The highest BCUT2D eigenvalue weighted by Gasteiger charge is 2.23. The molecular weight excluding hydrogens is 216 g/mol. The smallest absolute Gasteiger partial charge is 0.161 e. The minimum absolute atomic E-state index is 0.00398. The number of anilines is 1. The van der Waals surface area contributed by atoms with Crippen molar-refractivity contribution in [3.8, 4) is 0 Å². The first kappa shape index (κ1) is 12.3. The van der Waals surface area contributed by atoms with Crippen molar-refractivity contribution in [2.75, 3.05) is 38.6 Å². The van der Waals surface area contributed by atoms with Gasteiger partial charge in [-0.05, 0) is 13.5 Å². The predicted molar refractivity (Wildman–Crippen MR) is 67.1 cm³/mol. The number of morpholine rings is 1. The number of nitrogens with one attached hydrogen (secondary N) is 1. The number of hydrogen-bond donors (Lipinski definition) is 1. The Kier molecular flexibility index (Phi) is 3.91. The molecule has 1 aromatic rings. The molecule has 0 aromatic carbocycles. The predicted octanol–water partition coefficient (Wildman–Crippen LogP) is 1.22. The first-order valence-electron chi connectivity index (χ1n) is 6.10. The van der Waals surface area contributed by atoms with E-state index in [1.807, 2.05) is 20.0 Å². The Bertz CT molecular complexity index is 383. The second kappa shape index (κ2) is 5.42. The molecule has 94 valence electrons.